The van der Waals surface area contributed by atoms with Gasteiger partial charge in [0.2, 0.25) is 0 Å². The van der Waals surface area contributed by atoms with Crippen molar-refractivity contribution in [2.75, 3.05) is 6.54 Å². The van der Waals surface area contributed by atoms with Gasteiger partial charge in [0, 0.05) is 6.42 Å². The molecule has 0 fully saturated rings. The van der Waals surface area contributed by atoms with Crippen molar-refractivity contribution >= 4 is 28.7 Å². The fourth-order valence-corrected chi connectivity index (χ4v) is 3.15. The maximum Gasteiger partial charge on any atom is 0.352 e. The van der Waals surface area contributed by atoms with Gasteiger partial charge in [0.05, 0.1) is 23.4 Å². The van der Waals surface area contributed by atoms with E-state index < -0.39 is 0 Å². The minimum Gasteiger partial charge on any atom is -0.290 e. The molecule has 0 aliphatic heterocycles. The zero-order chi connectivity index (χ0) is 15.9. The van der Waals surface area contributed by atoms with E-state index >= 15 is 0 Å². The van der Waals surface area contributed by atoms with Crippen LogP contribution in [0.5, 0.6) is 0 Å². The molecule has 0 spiro atoms. The van der Waals surface area contributed by atoms with E-state index in [9.17, 15) is 0 Å². The average Bonchev–Trinajstić information content (AvgIpc) is 2.61. The Kier molecular flexibility index (Phi) is 5.17. The van der Waals surface area contributed by atoms with Gasteiger partial charge in [-0.1, -0.05) is 66.7 Å². The van der Waals surface area contributed by atoms with Crippen molar-refractivity contribution in [1.29, 1.82) is 0 Å². The summed E-state index contributed by atoms with van der Waals surface area (Å²) >= 11 is 1.53. The molecule has 0 heterocycles. The summed E-state index contributed by atoms with van der Waals surface area (Å²) in [5.74, 6) is 0.582. The van der Waals surface area contributed by atoms with Crippen molar-refractivity contribution in [1.82, 2.24) is 4.72 Å². The zero-order valence-electron chi connectivity index (χ0n) is 12.8. The van der Waals surface area contributed by atoms with E-state index in [-0.39, 0.29) is 0 Å². The van der Waals surface area contributed by atoms with Gasteiger partial charge < -0.3 is 0 Å². The molecular formula is C19H20N3S+. The first-order valence-electron chi connectivity index (χ1n) is 7.64. The van der Waals surface area contributed by atoms with Crippen molar-refractivity contribution < 1.29 is 4.99 Å². The van der Waals surface area contributed by atoms with Crippen LogP contribution >= 0.6 is 11.9 Å². The van der Waals surface area contributed by atoms with Gasteiger partial charge in [-0.05, 0) is 22.4 Å². The third-order valence-electron chi connectivity index (χ3n) is 3.59. The molecule has 3 aromatic rings. The summed E-state index contributed by atoms with van der Waals surface area (Å²) < 4.78 is 3.18. The summed E-state index contributed by atoms with van der Waals surface area (Å²) in [5.41, 5.74) is 7.30. The molecule has 0 bridgehead atoms. The minimum absolute atomic E-state index is 0.582. The monoisotopic (exact) mass is 322 g/mol. The van der Waals surface area contributed by atoms with Gasteiger partial charge >= 0.3 is 5.96 Å². The van der Waals surface area contributed by atoms with Crippen LogP contribution in [0.2, 0.25) is 0 Å². The smallest absolute Gasteiger partial charge is 0.290 e. The lowest BCUT2D eigenvalue weighted by Crippen LogP contribution is -2.78. The molecule has 0 saturated carbocycles. The van der Waals surface area contributed by atoms with Gasteiger partial charge in [-0.3, -0.25) is 10.7 Å². The highest BCUT2D eigenvalue weighted by Gasteiger charge is 2.05. The molecule has 0 unspecified atom stereocenters. The normalized spacial score (nSPS) is 11.6. The SMILES string of the molecule is NC(NSc1cccc2ccccc12)=[NH+]CCc1ccccc1. The average molecular weight is 322 g/mol. The molecule has 0 aliphatic carbocycles. The first-order chi connectivity index (χ1) is 11.3. The van der Waals surface area contributed by atoms with Crippen LogP contribution in [0.15, 0.2) is 77.7 Å². The third-order valence-corrected chi connectivity index (χ3v) is 4.49. The number of rotatable bonds is 5. The Morgan fingerprint density at radius 3 is 2.52 bits per heavy atom. The van der Waals surface area contributed by atoms with E-state index in [1.54, 1.807) is 0 Å². The lowest BCUT2D eigenvalue weighted by atomic mass is 10.1. The van der Waals surface area contributed by atoms with E-state index in [0.29, 0.717) is 5.96 Å². The number of fused-ring (bicyclic) bond motifs is 1. The van der Waals surface area contributed by atoms with Crippen molar-refractivity contribution in [2.24, 2.45) is 5.73 Å². The highest BCUT2D eigenvalue weighted by molar-refractivity contribution is 7.98. The molecule has 3 nitrogen and oxygen atoms in total. The molecule has 0 radical (unpaired) electrons. The molecule has 116 valence electrons. The van der Waals surface area contributed by atoms with Gasteiger partial charge in [0.15, 0.2) is 0 Å². The highest BCUT2D eigenvalue weighted by Crippen LogP contribution is 2.25. The van der Waals surface area contributed by atoms with Crippen molar-refractivity contribution in [3.63, 3.8) is 0 Å². The Labute approximate surface area is 140 Å². The van der Waals surface area contributed by atoms with Gasteiger partial charge in [-0.2, -0.15) is 0 Å². The standard InChI is InChI=1S/C19H19N3S/c20-19(21-14-13-15-7-2-1-3-8-15)22-23-18-12-6-10-16-9-4-5-11-17(16)18/h1-12H,13-14H2,(H3,20,21,22)/p+1. The Bertz CT molecular complexity index is 795. The molecule has 23 heavy (non-hydrogen) atoms. The molecule has 0 amide bonds. The first-order valence-corrected chi connectivity index (χ1v) is 8.45. The maximum absolute atomic E-state index is 6.00. The molecule has 3 aromatic carbocycles. The van der Waals surface area contributed by atoms with Gasteiger partial charge in [-0.25, -0.2) is 4.72 Å². The second-order valence-electron chi connectivity index (χ2n) is 5.26. The lowest BCUT2D eigenvalue weighted by Gasteiger charge is -2.04. The van der Waals surface area contributed by atoms with Gasteiger partial charge in [0.25, 0.3) is 0 Å². The quantitative estimate of drug-likeness (QED) is 0.383. The van der Waals surface area contributed by atoms with Crippen molar-refractivity contribution in [2.45, 2.75) is 11.3 Å². The molecule has 4 N–H and O–H groups in total. The molecule has 0 aliphatic rings. The summed E-state index contributed by atoms with van der Waals surface area (Å²) in [5, 5.41) is 2.46. The van der Waals surface area contributed by atoms with Crippen LogP contribution in [0.1, 0.15) is 5.56 Å². The van der Waals surface area contributed by atoms with E-state index in [2.05, 4.69) is 76.4 Å². The van der Waals surface area contributed by atoms with Crippen LogP contribution in [0.3, 0.4) is 0 Å². The van der Waals surface area contributed by atoms with Crippen LogP contribution < -0.4 is 15.4 Å². The number of nitrogens with one attached hydrogen (secondary N) is 2. The zero-order valence-corrected chi connectivity index (χ0v) is 13.6. The number of benzene rings is 3. The van der Waals surface area contributed by atoms with Crippen LogP contribution in [-0.2, 0) is 6.42 Å². The number of hydrogen-bond acceptors (Lipinski definition) is 1. The molecule has 0 saturated heterocycles. The van der Waals surface area contributed by atoms with E-state index in [0.717, 1.165) is 17.9 Å². The van der Waals surface area contributed by atoms with Crippen molar-refractivity contribution in [3.8, 4) is 0 Å². The molecular weight excluding hydrogens is 302 g/mol. The summed E-state index contributed by atoms with van der Waals surface area (Å²) in [6, 6.07) is 25.0. The Morgan fingerprint density at radius 2 is 1.65 bits per heavy atom. The Hall–Kier alpha value is -2.46. The fourth-order valence-electron chi connectivity index (χ4n) is 2.42. The van der Waals surface area contributed by atoms with Crippen LogP contribution in [-0.4, -0.2) is 12.5 Å². The minimum atomic E-state index is 0.582. The van der Waals surface area contributed by atoms with Gasteiger partial charge in [0.1, 0.15) is 0 Å². The van der Waals surface area contributed by atoms with Crippen LogP contribution in [0.25, 0.3) is 10.8 Å². The summed E-state index contributed by atoms with van der Waals surface area (Å²) in [7, 11) is 0. The first kappa shape index (κ1) is 15.4. The lowest BCUT2D eigenvalue weighted by molar-refractivity contribution is -0.458. The predicted molar refractivity (Wildman–Crippen MR) is 98.1 cm³/mol. The molecule has 4 heteroatoms. The Balaban J connectivity index is 1.57. The third kappa shape index (κ3) is 4.27. The summed E-state index contributed by atoms with van der Waals surface area (Å²) in [6.45, 7) is 0.805. The van der Waals surface area contributed by atoms with E-state index in [1.165, 1.54) is 28.3 Å². The maximum atomic E-state index is 6.00. The molecule has 3 rings (SSSR count). The van der Waals surface area contributed by atoms with Crippen LogP contribution in [0, 0.1) is 0 Å². The topological polar surface area (TPSA) is 52.0 Å². The Morgan fingerprint density at radius 1 is 0.913 bits per heavy atom. The molecule has 0 aromatic heterocycles. The summed E-state index contributed by atoms with van der Waals surface area (Å²) in [6.07, 6.45) is 0.947. The second kappa shape index (κ2) is 7.70. The highest BCUT2D eigenvalue weighted by atomic mass is 32.2. The van der Waals surface area contributed by atoms with Crippen molar-refractivity contribution in [3.05, 3.63) is 78.4 Å². The molecule has 0 atom stereocenters. The fraction of sp³-hybridized carbons (Fsp3) is 0.105. The largest absolute Gasteiger partial charge is 0.352 e. The summed E-state index contributed by atoms with van der Waals surface area (Å²) in [4.78, 5) is 4.37. The number of guanidine groups is 1. The van der Waals surface area contributed by atoms with Crippen LogP contribution in [0.4, 0.5) is 0 Å². The predicted octanol–water partition coefficient (Wildman–Crippen LogP) is 2.07. The van der Waals surface area contributed by atoms with E-state index in [1.807, 2.05) is 6.07 Å². The number of nitrogens with two attached hydrogens (primary N) is 1. The second-order valence-corrected chi connectivity index (χ2v) is 6.11. The van der Waals surface area contributed by atoms with E-state index in [4.69, 9.17) is 5.73 Å². The number of hydrogen-bond donors (Lipinski definition) is 3. The van der Waals surface area contributed by atoms with Gasteiger partial charge in [-0.15, -0.1) is 0 Å².